The molecule has 11 nitrogen and oxygen atoms in total. The molecule has 2 saturated heterocycles. The van der Waals surface area contributed by atoms with Gasteiger partial charge in [0.2, 0.25) is 0 Å². The lowest BCUT2D eigenvalue weighted by Gasteiger charge is -2.49. The van der Waals surface area contributed by atoms with Crippen LogP contribution in [-0.4, -0.2) is 93.5 Å². The number of benzene rings is 5. The Hall–Kier alpha value is -3.85. The SMILES string of the molecule is COC1OC(COCc2ccccc2)C(OB(C)P)C(O)C1OC1OC(COCc2ccccc2)C(OCc2ccccc2)C(OCc2ccccc2)C1OCc1ccccc1. The van der Waals surface area contributed by atoms with Crippen molar-refractivity contribution < 1.29 is 52.4 Å². The van der Waals surface area contributed by atoms with Gasteiger partial charge in [-0.2, -0.15) is 0 Å². The Balaban J connectivity index is 1.20. The van der Waals surface area contributed by atoms with E-state index in [1.54, 1.807) is 0 Å². The molecule has 0 amide bonds. The summed E-state index contributed by atoms with van der Waals surface area (Å²) >= 11 is 0. The van der Waals surface area contributed by atoms with Crippen molar-refractivity contribution in [2.24, 2.45) is 0 Å². The third kappa shape index (κ3) is 13.3. The van der Waals surface area contributed by atoms with Crippen LogP contribution in [0.5, 0.6) is 0 Å². The summed E-state index contributed by atoms with van der Waals surface area (Å²) in [6.07, 6.45) is -9.01. The van der Waals surface area contributed by atoms with Crippen molar-refractivity contribution in [2.75, 3.05) is 20.3 Å². The van der Waals surface area contributed by atoms with E-state index in [1.807, 2.05) is 158 Å². The molecule has 11 atom stereocenters. The minimum Gasteiger partial charge on any atom is -0.424 e. The second-order valence-corrected chi connectivity index (χ2v) is 16.4. The molecule has 62 heavy (non-hydrogen) atoms. The maximum atomic E-state index is 12.3. The van der Waals surface area contributed by atoms with Crippen LogP contribution >= 0.6 is 9.12 Å². The Morgan fingerprint density at radius 2 is 0.855 bits per heavy atom. The molecule has 13 heteroatoms. The number of aliphatic hydroxyl groups excluding tert-OH is 1. The van der Waals surface area contributed by atoms with Gasteiger partial charge in [0, 0.05) is 7.11 Å². The van der Waals surface area contributed by atoms with Gasteiger partial charge in [0.05, 0.1) is 52.4 Å². The van der Waals surface area contributed by atoms with Crippen molar-refractivity contribution >= 4 is 15.8 Å². The lowest BCUT2D eigenvalue weighted by molar-refractivity contribution is -0.374. The van der Waals surface area contributed by atoms with Crippen molar-refractivity contribution in [3.05, 3.63) is 179 Å². The maximum absolute atomic E-state index is 12.3. The first-order chi connectivity index (χ1) is 30.4. The van der Waals surface area contributed by atoms with Crippen LogP contribution < -0.4 is 0 Å². The van der Waals surface area contributed by atoms with E-state index >= 15 is 0 Å². The first-order valence-electron chi connectivity index (χ1n) is 21.2. The van der Waals surface area contributed by atoms with Crippen molar-refractivity contribution in [1.82, 2.24) is 0 Å². The van der Waals surface area contributed by atoms with Gasteiger partial charge < -0.3 is 52.4 Å². The summed E-state index contributed by atoms with van der Waals surface area (Å²) in [6.45, 7) is 3.30. The molecule has 0 radical (unpaired) electrons. The van der Waals surface area contributed by atoms with E-state index in [4.69, 9.17) is 47.3 Å². The third-order valence-electron chi connectivity index (χ3n) is 10.7. The van der Waals surface area contributed by atoms with E-state index in [-0.39, 0.29) is 39.7 Å². The monoisotopic (exact) mass is 864 g/mol. The molecule has 0 saturated carbocycles. The molecule has 5 aromatic carbocycles. The van der Waals surface area contributed by atoms with E-state index in [2.05, 4.69) is 9.12 Å². The summed E-state index contributed by atoms with van der Waals surface area (Å²) in [4.78, 5) is 0. The summed E-state index contributed by atoms with van der Waals surface area (Å²) in [5, 5.41) is 12.3. The molecule has 2 heterocycles. The van der Waals surface area contributed by atoms with E-state index in [1.165, 1.54) is 7.11 Å². The van der Waals surface area contributed by atoms with Gasteiger partial charge in [-0.1, -0.05) is 158 Å². The zero-order valence-corrected chi connectivity index (χ0v) is 36.5. The summed E-state index contributed by atoms with van der Waals surface area (Å²) in [5.74, 6) is 0. The highest BCUT2D eigenvalue weighted by Gasteiger charge is 2.54. The molecule has 2 aliphatic rings. The molecule has 7 rings (SSSR count). The minimum absolute atomic E-state index is 0.138. The highest BCUT2D eigenvalue weighted by molar-refractivity contribution is 7.60. The fourth-order valence-corrected chi connectivity index (χ4v) is 7.84. The van der Waals surface area contributed by atoms with Crippen molar-refractivity contribution in [2.45, 2.75) is 101 Å². The van der Waals surface area contributed by atoms with Crippen molar-refractivity contribution in [1.29, 1.82) is 0 Å². The van der Waals surface area contributed by atoms with Crippen molar-refractivity contribution in [3.63, 3.8) is 0 Å². The van der Waals surface area contributed by atoms with Gasteiger partial charge in [-0.15, -0.1) is 9.12 Å². The summed E-state index contributed by atoms with van der Waals surface area (Å²) in [7, 11) is 4.14. The Morgan fingerprint density at radius 3 is 1.27 bits per heavy atom. The first-order valence-corrected chi connectivity index (χ1v) is 21.9. The predicted molar refractivity (Wildman–Crippen MR) is 239 cm³/mol. The minimum atomic E-state index is -1.23. The van der Waals surface area contributed by atoms with E-state index in [0.29, 0.717) is 13.2 Å². The molecule has 0 spiro atoms. The number of aliphatic hydroxyl groups is 1. The zero-order valence-electron chi connectivity index (χ0n) is 35.3. The van der Waals surface area contributed by atoms with Crippen LogP contribution in [0.1, 0.15) is 27.8 Å². The summed E-state index contributed by atoms with van der Waals surface area (Å²) in [5.41, 5.74) is 4.93. The van der Waals surface area contributed by atoms with Crippen LogP contribution in [-0.2, 0) is 80.3 Å². The molecule has 2 fully saturated rings. The number of rotatable bonds is 22. The molecular formula is C49H58BO11P. The lowest BCUT2D eigenvalue weighted by atomic mass is 9.94. The van der Waals surface area contributed by atoms with Gasteiger partial charge in [0.25, 0.3) is 0 Å². The standard InChI is InChI=1S/C49H58BO11P/c1-50(62)61-43-40(33-53-28-35-18-8-3-9-19-35)58-48(52-2)45(42(43)51)60-49-47(57-32-39-26-16-7-17-27-39)46(56-31-38-24-14-6-15-25-38)44(55-30-37-22-12-5-13-23-37)41(59-49)34-54-29-36-20-10-4-11-21-36/h3-27,40-49,51H,28-34,62H2,1-2H3. The second-order valence-electron chi connectivity index (χ2n) is 15.5. The largest absolute Gasteiger partial charge is 0.424 e. The second kappa shape index (κ2) is 24.3. The molecule has 0 aliphatic carbocycles. The normalized spacial score (nSPS) is 26.3. The Kier molecular flexibility index (Phi) is 18.1. The van der Waals surface area contributed by atoms with E-state index in [0.717, 1.165) is 27.8 Å². The number of hydrogen-bond donors (Lipinski definition) is 1. The summed E-state index contributed by atoms with van der Waals surface area (Å²) < 4.78 is 65.6. The molecule has 1 N–H and O–H groups in total. The molecule has 11 unspecified atom stereocenters. The fourth-order valence-electron chi connectivity index (χ4n) is 7.66. The number of hydrogen-bond acceptors (Lipinski definition) is 11. The maximum Gasteiger partial charge on any atom is 0.312 e. The van der Waals surface area contributed by atoms with Gasteiger partial charge in [-0.05, 0) is 27.8 Å². The van der Waals surface area contributed by atoms with Gasteiger partial charge in [0.15, 0.2) is 12.6 Å². The average molecular weight is 865 g/mol. The van der Waals surface area contributed by atoms with Crippen molar-refractivity contribution in [3.8, 4) is 0 Å². The predicted octanol–water partition coefficient (Wildman–Crippen LogP) is 7.40. The highest BCUT2D eigenvalue weighted by atomic mass is 31.0. The zero-order chi connectivity index (χ0) is 42.9. The Bertz CT molecular complexity index is 1970. The lowest BCUT2D eigenvalue weighted by Crippen LogP contribution is -2.66. The Labute approximate surface area is 368 Å². The third-order valence-corrected chi connectivity index (χ3v) is 10.9. The van der Waals surface area contributed by atoms with Crippen LogP contribution in [0.2, 0.25) is 6.82 Å². The number of ether oxygens (including phenoxy) is 9. The van der Waals surface area contributed by atoms with Gasteiger partial charge in [-0.3, -0.25) is 0 Å². The van der Waals surface area contributed by atoms with Crippen LogP contribution in [0, 0.1) is 0 Å². The smallest absolute Gasteiger partial charge is 0.312 e. The first kappa shape index (κ1) is 46.2. The van der Waals surface area contributed by atoms with Gasteiger partial charge in [0.1, 0.15) is 42.7 Å². The summed E-state index contributed by atoms with van der Waals surface area (Å²) in [6, 6.07) is 49.6. The molecular weight excluding hydrogens is 806 g/mol. The molecule has 2 aliphatic heterocycles. The van der Waals surface area contributed by atoms with E-state index in [9.17, 15) is 5.11 Å². The molecule has 5 aromatic rings. The fraction of sp³-hybridized carbons (Fsp3) is 0.388. The van der Waals surface area contributed by atoms with Crippen LogP contribution in [0.15, 0.2) is 152 Å². The van der Waals surface area contributed by atoms with Crippen LogP contribution in [0.25, 0.3) is 0 Å². The quantitative estimate of drug-likeness (QED) is 0.0556. The Morgan fingerprint density at radius 1 is 0.484 bits per heavy atom. The number of methoxy groups -OCH3 is 1. The molecule has 328 valence electrons. The van der Waals surface area contributed by atoms with Gasteiger partial charge >= 0.3 is 6.64 Å². The molecule has 0 bridgehead atoms. The van der Waals surface area contributed by atoms with E-state index < -0.39 is 61.4 Å². The average Bonchev–Trinajstić information content (AvgIpc) is 3.31. The van der Waals surface area contributed by atoms with Crippen LogP contribution in [0.4, 0.5) is 0 Å². The molecule has 0 aromatic heterocycles. The van der Waals surface area contributed by atoms with Crippen LogP contribution in [0.3, 0.4) is 0 Å². The topological polar surface area (TPSA) is 113 Å². The van der Waals surface area contributed by atoms with Gasteiger partial charge in [-0.25, -0.2) is 0 Å². The highest BCUT2D eigenvalue weighted by Crippen LogP contribution is 2.35.